The Bertz CT molecular complexity index is 426. The van der Waals surface area contributed by atoms with Gasteiger partial charge in [0.05, 0.1) is 13.2 Å². The Labute approximate surface area is 112 Å². The van der Waals surface area contributed by atoms with E-state index in [0.717, 1.165) is 5.57 Å². The zero-order chi connectivity index (χ0) is 13.5. The Morgan fingerprint density at radius 2 is 2.28 bits per heavy atom. The Kier molecular flexibility index (Phi) is 5.82. The molecule has 0 aromatic carbocycles. The molecule has 98 valence electrons. The molecule has 0 saturated carbocycles. The van der Waals surface area contributed by atoms with Crippen LogP contribution in [0.1, 0.15) is 23.0 Å². The van der Waals surface area contributed by atoms with Crippen LogP contribution >= 0.6 is 11.6 Å². The van der Waals surface area contributed by atoms with Gasteiger partial charge in [-0.3, -0.25) is 4.79 Å². The molecule has 1 aromatic heterocycles. The van der Waals surface area contributed by atoms with Crippen molar-refractivity contribution in [2.75, 3.05) is 19.8 Å². The first-order valence-electron chi connectivity index (χ1n) is 5.63. The van der Waals surface area contributed by atoms with Gasteiger partial charge in [-0.1, -0.05) is 23.8 Å². The first kappa shape index (κ1) is 14.7. The van der Waals surface area contributed by atoms with Gasteiger partial charge in [0.2, 0.25) is 0 Å². The molecular weight excluding hydrogens is 252 g/mol. The Morgan fingerprint density at radius 3 is 2.89 bits per heavy atom. The molecule has 0 aliphatic rings. The SMILES string of the molecule is C=C(C)COCCNC(=O)c1cc(C)nc(Cl)c1. The van der Waals surface area contributed by atoms with Crippen LogP contribution in [0.3, 0.4) is 0 Å². The number of ether oxygens (including phenoxy) is 1. The number of amides is 1. The fraction of sp³-hybridized carbons (Fsp3) is 0.385. The lowest BCUT2D eigenvalue weighted by Gasteiger charge is -2.07. The Morgan fingerprint density at radius 1 is 1.56 bits per heavy atom. The largest absolute Gasteiger partial charge is 0.375 e. The maximum atomic E-state index is 11.8. The van der Waals surface area contributed by atoms with E-state index < -0.39 is 0 Å². The maximum Gasteiger partial charge on any atom is 0.251 e. The predicted octanol–water partition coefficient (Wildman–Crippen LogP) is 2.37. The minimum Gasteiger partial charge on any atom is -0.375 e. The molecule has 18 heavy (non-hydrogen) atoms. The van der Waals surface area contributed by atoms with Crippen molar-refractivity contribution in [2.24, 2.45) is 0 Å². The lowest BCUT2D eigenvalue weighted by Crippen LogP contribution is -2.27. The summed E-state index contributed by atoms with van der Waals surface area (Å²) in [5, 5.41) is 3.07. The lowest BCUT2D eigenvalue weighted by molar-refractivity contribution is 0.0926. The lowest BCUT2D eigenvalue weighted by atomic mass is 10.2. The van der Waals surface area contributed by atoms with Crippen molar-refractivity contribution in [2.45, 2.75) is 13.8 Å². The van der Waals surface area contributed by atoms with Crippen LogP contribution in [0.5, 0.6) is 0 Å². The molecule has 0 unspecified atom stereocenters. The molecule has 0 spiro atoms. The molecule has 0 fully saturated rings. The minimum absolute atomic E-state index is 0.179. The van der Waals surface area contributed by atoms with Gasteiger partial charge in [0.15, 0.2) is 0 Å². The third-order valence-electron chi connectivity index (χ3n) is 2.06. The highest BCUT2D eigenvalue weighted by atomic mass is 35.5. The summed E-state index contributed by atoms with van der Waals surface area (Å²) in [6, 6.07) is 3.23. The Balaban J connectivity index is 2.38. The van der Waals surface area contributed by atoms with Gasteiger partial charge in [-0.15, -0.1) is 0 Å². The van der Waals surface area contributed by atoms with E-state index in [9.17, 15) is 4.79 Å². The molecule has 5 heteroatoms. The molecular formula is C13H17ClN2O2. The van der Waals surface area contributed by atoms with Gasteiger partial charge in [-0.05, 0) is 26.0 Å². The highest BCUT2D eigenvalue weighted by Gasteiger charge is 2.07. The molecule has 0 aliphatic carbocycles. The summed E-state index contributed by atoms with van der Waals surface area (Å²) in [7, 11) is 0. The van der Waals surface area contributed by atoms with Crippen LogP contribution in [-0.4, -0.2) is 30.6 Å². The van der Waals surface area contributed by atoms with E-state index in [1.54, 1.807) is 19.1 Å². The van der Waals surface area contributed by atoms with Gasteiger partial charge in [0, 0.05) is 17.8 Å². The van der Waals surface area contributed by atoms with E-state index >= 15 is 0 Å². The molecule has 1 N–H and O–H groups in total. The first-order chi connectivity index (χ1) is 8.49. The summed E-state index contributed by atoms with van der Waals surface area (Å²) < 4.78 is 5.28. The van der Waals surface area contributed by atoms with Crippen molar-refractivity contribution in [3.05, 3.63) is 40.7 Å². The number of aromatic nitrogens is 1. The quantitative estimate of drug-likeness (QED) is 0.490. The van der Waals surface area contributed by atoms with Crippen LogP contribution < -0.4 is 5.32 Å². The number of hydrogen-bond acceptors (Lipinski definition) is 3. The normalized spacial score (nSPS) is 10.2. The summed E-state index contributed by atoms with van der Waals surface area (Å²) >= 11 is 5.79. The fourth-order valence-electron chi connectivity index (χ4n) is 1.34. The first-order valence-corrected chi connectivity index (χ1v) is 6.01. The number of halogens is 1. The van der Waals surface area contributed by atoms with E-state index in [1.165, 1.54) is 0 Å². The van der Waals surface area contributed by atoms with Crippen molar-refractivity contribution in [1.29, 1.82) is 0 Å². The minimum atomic E-state index is -0.179. The molecule has 0 saturated heterocycles. The number of nitrogens with one attached hydrogen (secondary N) is 1. The van der Waals surface area contributed by atoms with Crippen molar-refractivity contribution < 1.29 is 9.53 Å². The molecule has 1 rings (SSSR count). The highest BCUT2D eigenvalue weighted by molar-refractivity contribution is 6.29. The number of nitrogens with zero attached hydrogens (tertiary/aromatic N) is 1. The summed E-state index contributed by atoms with van der Waals surface area (Å²) in [4.78, 5) is 15.8. The maximum absolute atomic E-state index is 11.8. The zero-order valence-electron chi connectivity index (χ0n) is 10.6. The van der Waals surface area contributed by atoms with Gasteiger partial charge >= 0.3 is 0 Å². The molecule has 0 aliphatic heterocycles. The third-order valence-corrected chi connectivity index (χ3v) is 2.26. The van der Waals surface area contributed by atoms with Crippen LogP contribution in [0, 0.1) is 6.92 Å². The average molecular weight is 269 g/mol. The number of aryl methyl sites for hydroxylation is 1. The summed E-state index contributed by atoms with van der Waals surface area (Å²) in [5.41, 5.74) is 2.18. The van der Waals surface area contributed by atoms with Crippen molar-refractivity contribution in [3.63, 3.8) is 0 Å². The third kappa shape index (κ3) is 5.29. The molecule has 1 aromatic rings. The van der Waals surface area contributed by atoms with Crippen molar-refractivity contribution >= 4 is 17.5 Å². The van der Waals surface area contributed by atoms with Crippen LogP contribution in [0.2, 0.25) is 5.15 Å². The Hall–Kier alpha value is -1.39. The van der Waals surface area contributed by atoms with Crippen LogP contribution in [0.25, 0.3) is 0 Å². The molecule has 0 bridgehead atoms. The monoisotopic (exact) mass is 268 g/mol. The molecule has 0 atom stereocenters. The number of rotatable bonds is 6. The molecule has 1 heterocycles. The number of pyridine rings is 1. The number of hydrogen-bond donors (Lipinski definition) is 1. The summed E-state index contributed by atoms with van der Waals surface area (Å²) in [5.74, 6) is -0.179. The smallest absolute Gasteiger partial charge is 0.251 e. The van der Waals surface area contributed by atoms with Crippen LogP contribution in [0.4, 0.5) is 0 Å². The van der Waals surface area contributed by atoms with Crippen LogP contribution in [0.15, 0.2) is 24.3 Å². The predicted molar refractivity (Wildman–Crippen MR) is 72.0 cm³/mol. The molecule has 0 radical (unpaired) electrons. The summed E-state index contributed by atoms with van der Waals surface area (Å²) in [6.45, 7) is 8.81. The second kappa shape index (κ2) is 7.13. The van der Waals surface area contributed by atoms with E-state index in [0.29, 0.717) is 36.2 Å². The van der Waals surface area contributed by atoms with Crippen molar-refractivity contribution in [3.8, 4) is 0 Å². The van der Waals surface area contributed by atoms with Gasteiger partial charge in [0.1, 0.15) is 5.15 Å². The van der Waals surface area contributed by atoms with E-state index in [4.69, 9.17) is 16.3 Å². The van der Waals surface area contributed by atoms with Gasteiger partial charge in [0.25, 0.3) is 5.91 Å². The molecule has 4 nitrogen and oxygen atoms in total. The van der Waals surface area contributed by atoms with Gasteiger partial charge < -0.3 is 10.1 Å². The van der Waals surface area contributed by atoms with E-state index in [2.05, 4.69) is 16.9 Å². The number of carbonyl (C=O) groups excluding carboxylic acids is 1. The summed E-state index contributed by atoms with van der Waals surface area (Å²) in [6.07, 6.45) is 0. The van der Waals surface area contributed by atoms with Gasteiger partial charge in [-0.2, -0.15) is 0 Å². The van der Waals surface area contributed by atoms with Gasteiger partial charge in [-0.25, -0.2) is 4.98 Å². The fourth-order valence-corrected chi connectivity index (χ4v) is 1.60. The number of carbonyl (C=O) groups is 1. The topological polar surface area (TPSA) is 51.2 Å². The van der Waals surface area contributed by atoms with Crippen molar-refractivity contribution in [1.82, 2.24) is 10.3 Å². The standard InChI is InChI=1S/C13H17ClN2O2/c1-9(2)8-18-5-4-15-13(17)11-6-10(3)16-12(14)7-11/h6-7H,1,4-5,8H2,2-3H3,(H,15,17). The highest BCUT2D eigenvalue weighted by Crippen LogP contribution is 2.10. The average Bonchev–Trinajstić information content (AvgIpc) is 2.26. The van der Waals surface area contributed by atoms with E-state index in [-0.39, 0.29) is 5.91 Å². The zero-order valence-corrected chi connectivity index (χ0v) is 11.4. The van der Waals surface area contributed by atoms with E-state index in [1.807, 2.05) is 6.92 Å². The second-order valence-corrected chi connectivity index (χ2v) is 4.47. The second-order valence-electron chi connectivity index (χ2n) is 4.09. The van der Waals surface area contributed by atoms with Crippen LogP contribution in [-0.2, 0) is 4.74 Å². The molecule has 1 amide bonds.